The van der Waals surface area contributed by atoms with Gasteiger partial charge in [-0.2, -0.15) is 23.5 Å². The first kappa shape index (κ1) is 13.9. The van der Waals surface area contributed by atoms with Crippen molar-refractivity contribution in [3.8, 4) is 23.0 Å². The lowest BCUT2D eigenvalue weighted by Crippen LogP contribution is -2.14. The van der Waals surface area contributed by atoms with Crippen LogP contribution in [0.2, 0.25) is 0 Å². The second kappa shape index (κ2) is 5.07. The number of benzene rings is 1. The Morgan fingerprint density at radius 1 is 1.18 bits per heavy atom. The minimum absolute atomic E-state index is 0.0760. The monoisotopic (exact) mass is 303 g/mol. The second-order valence-electron chi connectivity index (χ2n) is 4.47. The van der Waals surface area contributed by atoms with Crippen LogP contribution in [0.5, 0.6) is 0 Å². The van der Waals surface area contributed by atoms with E-state index in [0.29, 0.717) is 5.56 Å². The summed E-state index contributed by atoms with van der Waals surface area (Å²) >= 11 is 0. The van der Waals surface area contributed by atoms with Crippen LogP contribution in [0.15, 0.2) is 53.3 Å². The first-order chi connectivity index (χ1) is 10.5. The molecule has 0 fully saturated rings. The van der Waals surface area contributed by atoms with Crippen molar-refractivity contribution >= 4 is 0 Å². The zero-order chi connectivity index (χ0) is 15.7. The van der Waals surface area contributed by atoms with E-state index in [0.717, 1.165) is 10.7 Å². The molecule has 0 aliphatic carbocycles. The minimum atomic E-state index is -4.60. The fourth-order valence-electron chi connectivity index (χ4n) is 2.07. The van der Waals surface area contributed by atoms with E-state index in [9.17, 15) is 13.2 Å². The largest absolute Gasteiger partial charge is 0.472 e. The van der Waals surface area contributed by atoms with Gasteiger partial charge in [0.05, 0.1) is 29.5 Å². The Morgan fingerprint density at radius 3 is 2.59 bits per heavy atom. The highest BCUT2D eigenvalue weighted by Crippen LogP contribution is 2.34. The Bertz CT molecular complexity index is 842. The summed E-state index contributed by atoms with van der Waals surface area (Å²) in [5.41, 5.74) is -0.221. The third-order valence-electron chi connectivity index (χ3n) is 3.07. The highest BCUT2D eigenvalue weighted by atomic mass is 19.4. The molecule has 3 rings (SSSR count). The van der Waals surface area contributed by atoms with Gasteiger partial charge in [0, 0.05) is 5.56 Å². The Labute approximate surface area is 123 Å². The number of rotatable bonds is 2. The maximum absolute atomic E-state index is 13.3. The van der Waals surface area contributed by atoms with Crippen molar-refractivity contribution in [1.82, 2.24) is 9.78 Å². The zero-order valence-corrected chi connectivity index (χ0v) is 11.0. The number of furan rings is 1. The summed E-state index contributed by atoms with van der Waals surface area (Å²) in [5, 5.41) is 13.1. The lowest BCUT2D eigenvalue weighted by molar-refractivity contribution is -0.142. The first-order valence-corrected chi connectivity index (χ1v) is 6.20. The Kier molecular flexibility index (Phi) is 3.22. The Balaban J connectivity index is 2.24. The normalized spacial score (nSPS) is 11.4. The summed E-state index contributed by atoms with van der Waals surface area (Å²) < 4.78 is 45.4. The summed E-state index contributed by atoms with van der Waals surface area (Å²) in [5.74, 6) is 0. The van der Waals surface area contributed by atoms with Crippen LogP contribution in [-0.4, -0.2) is 9.78 Å². The lowest BCUT2D eigenvalue weighted by atomic mass is 10.2. The molecule has 0 radical (unpaired) electrons. The molecule has 0 bridgehead atoms. The van der Waals surface area contributed by atoms with Crippen molar-refractivity contribution in [2.24, 2.45) is 0 Å². The minimum Gasteiger partial charge on any atom is -0.472 e. The van der Waals surface area contributed by atoms with Gasteiger partial charge in [0.25, 0.3) is 0 Å². The van der Waals surface area contributed by atoms with E-state index >= 15 is 0 Å². The maximum atomic E-state index is 13.3. The van der Waals surface area contributed by atoms with E-state index in [1.807, 2.05) is 6.07 Å². The van der Waals surface area contributed by atoms with Gasteiger partial charge in [-0.25, -0.2) is 4.68 Å². The van der Waals surface area contributed by atoms with E-state index in [1.54, 1.807) is 12.1 Å². The topological polar surface area (TPSA) is 54.8 Å². The molecule has 0 saturated carbocycles. The fraction of sp³-hybridized carbons (Fsp3) is 0.0667. The second-order valence-corrected chi connectivity index (χ2v) is 4.47. The van der Waals surface area contributed by atoms with Crippen LogP contribution in [-0.2, 0) is 6.18 Å². The van der Waals surface area contributed by atoms with Crippen molar-refractivity contribution in [2.75, 3.05) is 0 Å². The van der Waals surface area contributed by atoms with Crippen molar-refractivity contribution in [2.45, 2.75) is 6.18 Å². The molecule has 0 atom stereocenters. The molecule has 4 nitrogen and oxygen atoms in total. The molecule has 0 saturated heterocycles. The molecule has 22 heavy (non-hydrogen) atoms. The molecule has 0 spiro atoms. The van der Waals surface area contributed by atoms with Crippen molar-refractivity contribution in [1.29, 1.82) is 5.26 Å². The van der Waals surface area contributed by atoms with Crippen LogP contribution >= 0.6 is 0 Å². The lowest BCUT2D eigenvalue weighted by Gasteiger charge is -2.11. The number of alkyl halides is 3. The molecule has 3 aromatic rings. The number of para-hydroxylation sites is 1. The maximum Gasteiger partial charge on any atom is 0.433 e. The number of nitrogens with zero attached hydrogens (tertiary/aromatic N) is 3. The summed E-state index contributed by atoms with van der Waals surface area (Å²) in [7, 11) is 0. The summed E-state index contributed by atoms with van der Waals surface area (Å²) in [6, 6.07) is 10.3. The van der Waals surface area contributed by atoms with Crippen molar-refractivity contribution < 1.29 is 17.6 Å². The fourth-order valence-corrected chi connectivity index (χ4v) is 2.07. The summed E-state index contributed by atoms with van der Waals surface area (Å²) in [6.07, 6.45) is -1.94. The van der Waals surface area contributed by atoms with Crippen LogP contribution in [0.25, 0.3) is 16.9 Å². The van der Waals surface area contributed by atoms with Gasteiger partial charge >= 0.3 is 6.18 Å². The van der Waals surface area contributed by atoms with Gasteiger partial charge < -0.3 is 4.42 Å². The van der Waals surface area contributed by atoms with Crippen molar-refractivity contribution in [3.05, 3.63) is 60.2 Å². The molecule has 2 heterocycles. The SMILES string of the molecule is N#Cc1ccccc1-n1nc(-c2ccoc2)cc1C(F)(F)F. The average molecular weight is 303 g/mol. The van der Waals surface area contributed by atoms with Crippen LogP contribution in [0.3, 0.4) is 0 Å². The van der Waals surface area contributed by atoms with Gasteiger partial charge in [-0.15, -0.1) is 0 Å². The average Bonchev–Trinajstić information content (AvgIpc) is 3.15. The molecular formula is C15H8F3N3O. The van der Waals surface area contributed by atoms with E-state index in [1.165, 1.54) is 30.7 Å². The van der Waals surface area contributed by atoms with Crippen LogP contribution < -0.4 is 0 Å². The zero-order valence-electron chi connectivity index (χ0n) is 11.0. The number of halogens is 3. The Morgan fingerprint density at radius 2 is 1.95 bits per heavy atom. The predicted octanol–water partition coefficient (Wildman–Crippen LogP) is 4.02. The first-order valence-electron chi connectivity index (χ1n) is 6.20. The highest BCUT2D eigenvalue weighted by Gasteiger charge is 2.37. The third kappa shape index (κ3) is 2.35. The van der Waals surface area contributed by atoms with Crippen LogP contribution in [0.4, 0.5) is 13.2 Å². The number of hydrogen-bond acceptors (Lipinski definition) is 3. The third-order valence-corrected chi connectivity index (χ3v) is 3.07. The summed E-state index contributed by atoms with van der Waals surface area (Å²) in [4.78, 5) is 0. The highest BCUT2D eigenvalue weighted by molar-refractivity contribution is 5.60. The van der Waals surface area contributed by atoms with Gasteiger partial charge in [0.2, 0.25) is 0 Å². The van der Waals surface area contributed by atoms with E-state index < -0.39 is 11.9 Å². The Hall–Kier alpha value is -3.01. The molecule has 7 heteroatoms. The number of hydrogen-bond donors (Lipinski definition) is 0. The molecular weight excluding hydrogens is 295 g/mol. The molecule has 0 aliphatic heterocycles. The molecule has 0 amide bonds. The van der Waals surface area contributed by atoms with Crippen LogP contribution in [0.1, 0.15) is 11.3 Å². The standard InChI is InChI=1S/C15H8F3N3O/c16-15(17,18)14-7-12(11-5-6-22-9-11)20-21(14)13-4-2-1-3-10(13)8-19/h1-7,9H. The van der Waals surface area contributed by atoms with E-state index in [2.05, 4.69) is 5.10 Å². The number of aromatic nitrogens is 2. The van der Waals surface area contributed by atoms with Gasteiger partial charge in [-0.05, 0) is 24.3 Å². The molecule has 1 aromatic carbocycles. The van der Waals surface area contributed by atoms with Gasteiger partial charge in [0.1, 0.15) is 11.8 Å². The molecule has 2 aromatic heterocycles. The molecule has 0 N–H and O–H groups in total. The quantitative estimate of drug-likeness (QED) is 0.718. The van der Waals surface area contributed by atoms with Crippen LogP contribution in [0, 0.1) is 11.3 Å². The van der Waals surface area contributed by atoms with E-state index in [4.69, 9.17) is 9.68 Å². The summed E-state index contributed by atoms with van der Waals surface area (Å²) in [6.45, 7) is 0. The van der Waals surface area contributed by atoms with Crippen molar-refractivity contribution in [3.63, 3.8) is 0 Å². The van der Waals surface area contributed by atoms with Gasteiger partial charge in [0.15, 0.2) is 0 Å². The van der Waals surface area contributed by atoms with Gasteiger partial charge in [-0.3, -0.25) is 0 Å². The molecule has 0 unspecified atom stereocenters. The van der Waals surface area contributed by atoms with Gasteiger partial charge in [-0.1, -0.05) is 12.1 Å². The number of nitriles is 1. The smallest absolute Gasteiger partial charge is 0.433 e. The van der Waals surface area contributed by atoms with E-state index in [-0.39, 0.29) is 16.9 Å². The molecule has 0 aliphatic rings. The molecule has 110 valence electrons. The predicted molar refractivity (Wildman–Crippen MR) is 71.0 cm³/mol.